The van der Waals surface area contributed by atoms with Crippen LogP contribution in [0, 0.1) is 29.1 Å². The fourth-order valence-electron chi connectivity index (χ4n) is 1.52. The number of anilines is 1. The van der Waals surface area contributed by atoms with Gasteiger partial charge in [0.25, 0.3) is 0 Å². The first-order valence-corrected chi connectivity index (χ1v) is 6.22. The molecule has 0 spiro atoms. The van der Waals surface area contributed by atoms with E-state index in [1.165, 1.54) is 12.1 Å². The Hall–Kier alpha value is -2.16. The molecule has 0 aliphatic carbocycles. The number of benzene rings is 1. The van der Waals surface area contributed by atoms with Gasteiger partial charge in [0.1, 0.15) is 10.6 Å². The number of carboxylic acid groups (broad SMARTS) is 1. The molecular weight excluding hydrogens is 317 g/mol. The van der Waals surface area contributed by atoms with Gasteiger partial charge in [0.05, 0.1) is 0 Å². The van der Waals surface area contributed by atoms with Crippen molar-refractivity contribution in [3.05, 3.63) is 51.0 Å². The van der Waals surface area contributed by atoms with Gasteiger partial charge >= 0.3 is 5.97 Å². The largest absolute Gasteiger partial charge is 0.477 e. The van der Waals surface area contributed by atoms with Crippen molar-refractivity contribution in [3.63, 3.8) is 0 Å². The zero-order valence-electron chi connectivity index (χ0n) is 10.0. The lowest BCUT2D eigenvalue weighted by Crippen LogP contribution is -2.09. The molecule has 1 aromatic carbocycles. The second-order valence-electron chi connectivity index (χ2n) is 3.87. The monoisotopic (exact) mass is 323 g/mol. The first kappa shape index (κ1) is 15.2. The van der Waals surface area contributed by atoms with Crippen molar-refractivity contribution in [3.8, 4) is 0 Å². The third-order valence-corrected chi connectivity index (χ3v) is 3.59. The minimum Gasteiger partial charge on any atom is -0.477 e. The molecule has 0 saturated heterocycles. The lowest BCUT2D eigenvalue weighted by Gasteiger charge is -2.09. The van der Waals surface area contributed by atoms with Crippen LogP contribution in [0.3, 0.4) is 0 Å². The van der Waals surface area contributed by atoms with E-state index in [0.717, 1.165) is 11.3 Å². The Bertz CT molecular complexity index is 687. The molecule has 1 heterocycles. The number of carboxylic acids is 1. The molecule has 0 fully saturated rings. The smallest absolute Gasteiger partial charge is 0.345 e. The fourth-order valence-corrected chi connectivity index (χ4v) is 2.31. The van der Waals surface area contributed by atoms with Crippen molar-refractivity contribution >= 4 is 23.0 Å². The lowest BCUT2D eigenvalue weighted by atomic mass is 10.2. The first-order chi connectivity index (χ1) is 9.82. The molecule has 112 valence electrons. The highest BCUT2D eigenvalue weighted by atomic mass is 32.1. The van der Waals surface area contributed by atoms with Gasteiger partial charge in [-0.05, 0) is 12.1 Å². The van der Waals surface area contributed by atoms with Crippen LogP contribution in [-0.4, -0.2) is 11.1 Å². The van der Waals surface area contributed by atoms with E-state index in [1.54, 1.807) is 0 Å². The zero-order valence-corrected chi connectivity index (χ0v) is 10.8. The SMILES string of the molecule is O=C(O)c1ccc(CNc2c(F)c(F)c(F)c(F)c2F)s1. The van der Waals surface area contributed by atoms with Gasteiger partial charge in [0, 0.05) is 11.4 Å². The minimum absolute atomic E-state index is 0.00999. The maximum atomic E-state index is 13.4. The lowest BCUT2D eigenvalue weighted by molar-refractivity contribution is 0.0702. The van der Waals surface area contributed by atoms with E-state index >= 15 is 0 Å². The Morgan fingerprint density at radius 2 is 1.52 bits per heavy atom. The fraction of sp³-hybridized carbons (Fsp3) is 0.0833. The van der Waals surface area contributed by atoms with Crippen molar-refractivity contribution in [1.29, 1.82) is 0 Å². The number of aromatic carboxylic acids is 1. The highest BCUT2D eigenvalue weighted by Gasteiger charge is 2.25. The molecule has 0 atom stereocenters. The van der Waals surface area contributed by atoms with Gasteiger partial charge in [-0.25, -0.2) is 26.7 Å². The van der Waals surface area contributed by atoms with E-state index in [4.69, 9.17) is 5.11 Å². The molecule has 0 amide bonds. The minimum atomic E-state index is -2.24. The average Bonchev–Trinajstić information content (AvgIpc) is 2.92. The van der Waals surface area contributed by atoms with Gasteiger partial charge in [-0.1, -0.05) is 0 Å². The van der Waals surface area contributed by atoms with Gasteiger partial charge < -0.3 is 10.4 Å². The summed E-state index contributed by atoms with van der Waals surface area (Å²) in [6, 6.07) is 2.63. The van der Waals surface area contributed by atoms with Crippen molar-refractivity contribution in [1.82, 2.24) is 0 Å². The van der Waals surface area contributed by atoms with Crippen LogP contribution in [0.5, 0.6) is 0 Å². The van der Waals surface area contributed by atoms with Crippen LogP contribution in [0.15, 0.2) is 12.1 Å². The number of hydrogen-bond acceptors (Lipinski definition) is 3. The molecule has 9 heteroatoms. The molecule has 0 aliphatic rings. The number of hydrogen-bond donors (Lipinski definition) is 2. The predicted molar refractivity (Wildman–Crippen MR) is 64.8 cm³/mol. The Labute approximate surface area is 118 Å². The third-order valence-electron chi connectivity index (χ3n) is 2.52. The average molecular weight is 323 g/mol. The molecule has 1 aromatic heterocycles. The standard InChI is InChI=1S/C12H6F5NO2S/c13-6-7(14)9(16)11(10(17)8(6)15)18-3-4-1-2-5(21-4)12(19)20/h1-2,18H,3H2,(H,19,20). The second kappa shape index (κ2) is 5.68. The molecule has 0 aliphatic heterocycles. The topological polar surface area (TPSA) is 49.3 Å². The number of nitrogens with one attached hydrogen (secondary N) is 1. The molecule has 0 bridgehead atoms. The summed E-state index contributed by atoms with van der Waals surface area (Å²) in [5.74, 6) is -11.5. The van der Waals surface area contributed by atoms with E-state index in [9.17, 15) is 26.7 Å². The molecule has 2 rings (SSSR count). The van der Waals surface area contributed by atoms with Crippen molar-refractivity contribution in [2.75, 3.05) is 5.32 Å². The highest BCUT2D eigenvalue weighted by Crippen LogP contribution is 2.28. The molecule has 21 heavy (non-hydrogen) atoms. The maximum absolute atomic E-state index is 13.4. The van der Waals surface area contributed by atoms with Crippen LogP contribution in [0.1, 0.15) is 14.5 Å². The van der Waals surface area contributed by atoms with E-state index in [2.05, 4.69) is 5.32 Å². The van der Waals surface area contributed by atoms with Crippen molar-refractivity contribution in [2.24, 2.45) is 0 Å². The molecule has 0 unspecified atom stereocenters. The number of carbonyl (C=O) groups is 1. The summed E-state index contributed by atoms with van der Waals surface area (Å²) in [5, 5.41) is 10.8. The van der Waals surface area contributed by atoms with Crippen LogP contribution in [-0.2, 0) is 6.54 Å². The Morgan fingerprint density at radius 1 is 1.00 bits per heavy atom. The van der Waals surface area contributed by atoms with Gasteiger partial charge in [-0.3, -0.25) is 0 Å². The van der Waals surface area contributed by atoms with Gasteiger partial charge in [0.2, 0.25) is 5.82 Å². The van der Waals surface area contributed by atoms with Gasteiger partial charge in [-0.15, -0.1) is 11.3 Å². The molecule has 0 radical (unpaired) electrons. The van der Waals surface area contributed by atoms with Crippen LogP contribution < -0.4 is 5.32 Å². The van der Waals surface area contributed by atoms with Crippen LogP contribution in [0.25, 0.3) is 0 Å². The summed E-state index contributed by atoms with van der Waals surface area (Å²) >= 11 is 0.815. The predicted octanol–water partition coefficient (Wildman–Crippen LogP) is 3.75. The summed E-state index contributed by atoms with van der Waals surface area (Å²) in [5.41, 5.74) is -1.16. The Morgan fingerprint density at radius 3 is 2.00 bits per heavy atom. The third kappa shape index (κ3) is 2.82. The van der Waals surface area contributed by atoms with Crippen molar-refractivity contribution in [2.45, 2.75) is 6.54 Å². The van der Waals surface area contributed by atoms with E-state index in [1.807, 2.05) is 0 Å². The van der Waals surface area contributed by atoms with Crippen LogP contribution in [0.2, 0.25) is 0 Å². The summed E-state index contributed by atoms with van der Waals surface area (Å²) in [7, 11) is 0. The maximum Gasteiger partial charge on any atom is 0.345 e. The first-order valence-electron chi connectivity index (χ1n) is 5.40. The number of halogens is 5. The highest BCUT2D eigenvalue weighted by molar-refractivity contribution is 7.13. The molecule has 3 nitrogen and oxygen atoms in total. The molecule has 0 saturated carbocycles. The van der Waals surface area contributed by atoms with Crippen LogP contribution in [0.4, 0.5) is 27.6 Å². The zero-order chi connectivity index (χ0) is 15.7. The normalized spacial score (nSPS) is 10.7. The quantitative estimate of drug-likeness (QED) is 0.512. The number of thiophene rings is 1. The van der Waals surface area contributed by atoms with Gasteiger partial charge in [-0.2, -0.15) is 0 Å². The Kier molecular flexibility index (Phi) is 4.12. The molecule has 2 N–H and O–H groups in total. The van der Waals surface area contributed by atoms with Crippen LogP contribution >= 0.6 is 11.3 Å². The Balaban J connectivity index is 2.26. The summed E-state index contributed by atoms with van der Waals surface area (Å²) < 4.78 is 65.5. The van der Waals surface area contributed by atoms with Crippen molar-refractivity contribution < 1.29 is 31.9 Å². The summed E-state index contributed by atoms with van der Waals surface area (Å²) in [6.45, 7) is -0.281. The molecule has 2 aromatic rings. The van der Waals surface area contributed by atoms with Gasteiger partial charge in [0.15, 0.2) is 23.3 Å². The second-order valence-corrected chi connectivity index (χ2v) is 5.04. The number of rotatable bonds is 4. The summed E-state index contributed by atoms with van der Waals surface area (Å²) in [6.07, 6.45) is 0. The summed E-state index contributed by atoms with van der Waals surface area (Å²) in [4.78, 5) is 11.0. The van der Waals surface area contributed by atoms with E-state index in [0.29, 0.717) is 4.88 Å². The van der Waals surface area contributed by atoms with E-state index < -0.39 is 40.7 Å². The molecular formula is C12H6F5NO2S. The van der Waals surface area contributed by atoms with E-state index in [-0.39, 0.29) is 11.4 Å².